The van der Waals surface area contributed by atoms with Crippen molar-refractivity contribution in [2.24, 2.45) is 5.73 Å². The van der Waals surface area contributed by atoms with Crippen LogP contribution in [-0.2, 0) is 6.42 Å². The Bertz CT molecular complexity index is 782. The maximum atomic E-state index is 11.7. The molecule has 0 atom stereocenters. The van der Waals surface area contributed by atoms with Crippen molar-refractivity contribution in [3.63, 3.8) is 0 Å². The van der Waals surface area contributed by atoms with Gasteiger partial charge in [-0.1, -0.05) is 17.6 Å². The Labute approximate surface area is 168 Å². The summed E-state index contributed by atoms with van der Waals surface area (Å²) in [5.41, 5.74) is 6.51. The van der Waals surface area contributed by atoms with E-state index in [2.05, 4.69) is 15.4 Å². The smallest absolute Gasteiger partial charge is 0.317 e. The highest BCUT2D eigenvalue weighted by Gasteiger charge is 2.22. The van der Waals surface area contributed by atoms with Crippen LogP contribution in [0.25, 0.3) is 10.6 Å². The Balaban J connectivity index is 1.44. The van der Waals surface area contributed by atoms with Crippen LogP contribution in [-0.4, -0.2) is 66.7 Å². The first-order valence-electron chi connectivity index (χ1n) is 9.61. The van der Waals surface area contributed by atoms with Gasteiger partial charge in [-0.3, -0.25) is 9.69 Å². The molecule has 9 heteroatoms. The van der Waals surface area contributed by atoms with Crippen molar-refractivity contribution >= 4 is 23.3 Å². The predicted octanol–water partition coefficient (Wildman–Crippen LogP) is 2.17. The zero-order valence-electron chi connectivity index (χ0n) is 16.1. The van der Waals surface area contributed by atoms with Crippen LogP contribution >= 0.6 is 11.3 Å². The molecule has 2 aromatic rings. The van der Waals surface area contributed by atoms with E-state index >= 15 is 0 Å². The van der Waals surface area contributed by atoms with Crippen LogP contribution < -0.4 is 11.1 Å². The van der Waals surface area contributed by atoms with E-state index in [1.807, 2.05) is 22.4 Å². The number of rotatable bonds is 8. The molecule has 2 aromatic heterocycles. The highest BCUT2D eigenvalue weighted by atomic mass is 32.1. The second-order valence-electron chi connectivity index (χ2n) is 6.87. The van der Waals surface area contributed by atoms with Gasteiger partial charge in [0.15, 0.2) is 11.5 Å². The molecule has 3 N–H and O–H groups in total. The molecule has 1 saturated heterocycles. The third kappa shape index (κ3) is 4.90. The van der Waals surface area contributed by atoms with Gasteiger partial charge in [0.1, 0.15) is 0 Å². The van der Waals surface area contributed by atoms with E-state index in [1.54, 1.807) is 18.4 Å². The molecule has 3 rings (SSSR count). The van der Waals surface area contributed by atoms with Crippen LogP contribution in [0.15, 0.2) is 22.0 Å². The standard InChI is InChI=1S/C19H27N5O3S/c1-21-19(26)24-11-9-23(10-12-24)8-4-2-3-6-14-16(18(20)25)22-27-17(14)15-7-5-13-28-15/h5,7,13H,2-4,6,8-12H2,1H3,(H2,20,25)(H,21,26). The molecule has 1 aliphatic rings. The van der Waals surface area contributed by atoms with Crippen molar-refractivity contribution in [2.75, 3.05) is 39.8 Å². The number of nitrogens with zero attached hydrogens (tertiary/aromatic N) is 3. The molecule has 1 aliphatic heterocycles. The first-order valence-corrected chi connectivity index (χ1v) is 10.5. The number of carbonyl (C=O) groups is 2. The Morgan fingerprint density at radius 3 is 2.68 bits per heavy atom. The number of urea groups is 1. The molecule has 3 heterocycles. The molecule has 0 spiro atoms. The van der Waals surface area contributed by atoms with Gasteiger partial charge in [-0.25, -0.2) is 4.79 Å². The van der Waals surface area contributed by atoms with Crippen LogP contribution in [0.1, 0.15) is 35.3 Å². The summed E-state index contributed by atoms with van der Waals surface area (Å²) in [5.74, 6) is 0.115. The Morgan fingerprint density at radius 2 is 2.04 bits per heavy atom. The Kier molecular flexibility index (Phi) is 7.05. The highest BCUT2D eigenvalue weighted by molar-refractivity contribution is 7.13. The van der Waals surface area contributed by atoms with E-state index in [4.69, 9.17) is 10.3 Å². The van der Waals surface area contributed by atoms with E-state index in [-0.39, 0.29) is 11.7 Å². The first-order chi connectivity index (χ1) is 13.6. The van der Waals surface area contributed by atoms with Gasteiger partial charge in [-0.15, -0.1) is 11.3 Å². The zero-order valence-corrected chi connectivity index (χ0v) is 17.0. The first kappa shape index (κ1) is 20.3. The Hall–Kier alpha value is -2.39. The molecule has 0 aliphatic carbocycles. The lowest BCUT2D eigenvalue weighted by Crippen LogP contribution is -2.51. The number of nitrogens with two attached hydrogens (primary N) is 1. The minimum atomic E-state index is -0.546. The topological polar surface area (TPSA) is 105 Å². The number of amides is 3. The summed E-state index contributed by atoms with van der Waals surface area (Å²) in [7, 11) is 1.66. The van der Waals surface area contributed by atoms with Gasteiger partial charge in [-0.2, -0.15) is 0 Å². The Morgan fingerprint density at radius 1 is 1.25 bits per heavy atom. The minimum absolute atomic E-state index is 0.000159. The summed E-state index contributed by atoms with van der Waals surface area (Å²) in [6.07, 6.45) is 3.78. The van der Waals surface area contributed by atoms with Crippen LogP contribution in [0.5, 0.6) is 0 Å². The van der Waals surface area contributed by atoms with Gasteiger partial charge in [0.2, 0.25) is 0 Å². The number of piperazine rings is 1. The number of carbonyl (C=O) groups excluding carboxylic acids is 2. The number of hydrogen-bond acceptors (Lipinski definition) is 6. The highest BCUT2D eigenvalue weighted by Crippen LogP contribution is 2.31. The second kappa shape index (κ2) is 9.70. The summed E-state index contributed by atoms with van der Waals surface area (Å²) >= 11 is 1.56. The summed E-state index contributed by atoms with van der Waals surface area (Å²) in [5, 5.41) is 8.52. The third-order valence-electron chi connectivity index (χ3n) is 5.04. The lowest BCUT2D eigenvalue weighted by atomic mass is 10.0. The molecular formula is C19H27N5O3S. The zero-order chi connectivity index (χ0) is 19.9. The molecule has 3 amide bonds. The monoisotopic (exact) mass is 405 g/mol. The normalized spacial score (nSPS) is 15.0. The van der Waals surface area contributed by atoms with Crippen molar-refractivity contribution in [1.29, 1.82) is 0 Å². The molecule has 28 heavy (non-hydrogen) atoms. The number of unbranched alkanes of at least 4 members (excludes halogenated alkanes) is 2. The van der Waals surface area contributed by atoms with Crippen molar-refractivity contribution < 1.29 is 14.1 Å². The van der Waals surface area contributed by atoms with Crippen molar-refractivity contribution in [1.82, 2.24) is 20.3 Å². The van der Waals surface area contributed by atoms with Gasteiger partial charge in [0.25, 0.3) is 5.91 Å². The molecule has 152 valence electrons. The van der Waals surface area contributed by atoms with Gasteiger partial charge in [-0.05, 0) is 37.3 Å². The predicted molar refractivity (Wildman–Crippen MR) is 108 cm³/mol. The van der Waals surface area contributed by atoms with Gasteiger partial charge in [0, 0.05) is 38.8 Å². The molecular weight excluding hydrogens is 378 g/mol. The number of primary amides is 1. The molecule has 1 fully saturated rings. The number of hydrogen-bond donors (Lipinski definition) is 2. The number of nitrogens with one attached hydrogen (secondary N) is 1. The van der Waals surface area contributed by atoms with E-state index in [1.165, 1.54) is 0 Å². The van der Waals surface area contributed by atoms with Crippen molar-refractivity contribution in [3.8, 4) is 10.6 Å². The lowest BCUT2D eigenvalue weighted by molar-refractivity contribution is 0.0991. The summed E-state index contributed by atoms with van der Waals surface area (Å²) in [6.45, 7) is 4.38. The summed E-state index contributed by atoms with van der Waals surface area (Å²) in [6, 6.07) is 3.90. The fourth-order valence-corrected chi connectivity index (χ4v) is 4.21. The van der Waals surface area contributed by atoms with Gasteiger partial charge >= 0.3 is 6.03 Å². The van der Waals surface area contributed by atoms with Gasteiger partial charge in [0.05, 0.1) is 4.88 Å². The fraction of sp³-hybridized carbons (Fsp3) is 0.526. The van der Waals surface area contributed by atoms with Crippen molar-refractivity contribution in [2.45, 2.75) is 25.7 Å². The lowest BCUT2D eigenvalue weighted by Gasteiger charge is -2.34. The van der Waals surface area contributed by atoms with Crippen LogP contribution in [0.4, 0.5) is 4.79 Å². The molecule has 0 aromatic carbocycles. The maximum absolute atomic E-state index is 11.7. The fourth-order valence-electron chi connectivity index (χ4n) is 3.48. The van der Waals surface area contributed by atoms with Gasteiger partial charge < -0.3 is 20.5 Å². The largest absolute Gasteiger partial charge is 0.364 e. The molecule has 8 nitrogen and oxygen atoms in total. The SMILES string of the molecule is CNC(=O)N1CCN(CCCCCc2c(C(N)=O)noc2-c2cccs2)CC1. The van der Waals surface area contributed by atoms with Crippen molar-refractivity contribution in [3.05, 3.63) is 28.8 Å². The second-order valence-corrected chi connectivity index (χ2v) is 7.82. The minimum Gasteiger partial charge on any atom is -0.364 e. The van der Waals surface area contributed by atoms with Crippen LogP contribution in [0.3, 0.4) is 0 Å². The summed E-state index contributed by atoms with van der Waals surface area (Å²) in [4.78, 5) is 28.5. The molecule has 0 bridgehead atoms. The quantitative estimate of drug-likeness (QED) is 0.655. The number of thiophene rings is 1. The maximum Gasteiger partial charge on any atom is 0.317 e. The van der Waals surface area contributed by atoms with E-state index in [0.29, 0.717) is 5.76 Å². The number of aromatic nitrogens is 1. The summed E-state index contributed by atoms with van der Waals surface area (Å²) < 4.78 is 5.41. The van der Waals surface area contributed by atoms with Crippen LogP contribution in [0, 0.1) is 0 Å². The molecule has 0 unspecified atom stereocenters. The average molecular weight is 406 g/mol. The van der Waals surface area contributed by atoms with E-state index in [0.717, 1.165) is 68.8 Å². The van der Waals surface area contributed by atoms with E-state index in [9.17, 15) is 9.59 Å². The third-order valence-corrected chi connectivity index (χ3v) is 5.91. The average Bonchev–Trinajstić information content (AvgIpc) is 3.37. The molecule has 0 radical (unpaired) electrons. The van der Waals surface area contributed by atoms with E-state index < -0.39 is 5.91 Å². The van der Waals surface area contributed by atoms with Crippen LogP contribution in [0.2, 0.25) is 0 Å². The molecule has 0 saturated carbocycles.